The summed E-state index contributed by atoms with van der Waals surface area (Å²) in [6.07, 6.45) is 9.98. The van der Waals surface area contributed by atoms with Crippen LogP contribution in [0.1, 0.15) is 57.2 Å². The van der Waals surface area contributed by atoms with Gasteiger partial charge in [0.25, 0.3) is 10.2 Å². The van der Waals surface area contributed by atoms with E-state index in [1.807, 2.05) is 6.20 Å². The predicted molar refractivity (Wildman–Crippen MR) is 90.4 cm³/mol. The van der Waals surface area contributed by atoms with Crippen molar-refractivity contribution >= 4 is 10.2 Å². The summed E-state index contributed by atoms with van der Waals surface area (Å²) >= 11 is 0. The van der Waals surface area contributed by atoms with Gasteiger partial charge in [0, 0.05) is 51.0 Å². The van der Waals surface area contributed by atoms with Gasteiger partial charge in [-0.15, -0.1) is 0 Å². The molecule has 0 amide bonds. The van der Waals surface area contributed by atoms with E-state index in [4.69, 9.17) is 0 Å². The summed E-state index contributed by atoms with van der Waals surface area (Å²) in [5, 5.41) is 0. The van der Waals surface area contributed by atoms with Crippen molar-refractivity contribution in [2.24, 2.45) is 0 Å². The van der Waals surface area contributed by atoms with Crippen molar-refractivity contribution in [3.05, 3.63) is 18.2 Å². The first kappa shape index (κ1) is 16.9. The fourth-order valence-electron chi connectivity index (χ4n) is 3.63. The van der Waals surface area contributed by atoms with Crippen LogP contribution in [0.2, 0.25) is 0 Å². The number of nitrogens with zero attached hydrogens (tertiary/aromatic N) is 4. The molecule has 0 bridgehead atoms. The average Bonchev–Trinajstić information content (AvgIpc) is 3.24. The van der Waals surface area contributed by atoms with Crippen molar-refractivity contribution in [2.45, 2.75) is 57.9 Å². The van der Waals surface area contributed by atoms with Gasteiger partial charge >= 0.3 is 0 Å². The molecular formula is C16H28N4O2S. The lowest BCUT2D eigenvalue weighted by atomic mass is 9.97. The quantitative estimate of drug-likeness (QED) is 0.798. The topological polar surface area (TPSA) is 58.4 Å². The summed E-state index contributed by atoms with van der Waals surface area (Å²) in [4.78, 5) is 4.54. The van der Waals surface area contributed by atoms with Gasteiger partial charge in [-0.3, -0.25) is 0 Å². The van der Waals surface area contributed by atoms with E-state index in [0.29, 0.717) is 32.1 Å². The van der Waals surface area contributed by atoms with Crippen LogP contribution in [0.15, 0.2) is 12.4 Å². The molecule has 2 saturated heterocycles. The molecule has 6 nitrogen and oxygen atoms in total. The van der Waals surface area contributed by atoms with E-state index in [0.717, 1.165) is 44.5 Å². The molecule has 1 aromatic rings. The molecule has 3 heterocycles. The molecule has 1 aromatic heterocycles. The fraction of sp³-hybridized carbons (Fsp3) is 0.812. The summed E-state index contributed by atoms with van der Waals surface area (Å²) in [6.45, 7) is 5.80. The highest BCUT2D eigenvalue weighted by Gasteiger charge is 2.35. The molecule has 0 unspecified atom stereocenters. The Hall–Kier alpha value is -0.920. The standard InChI is InChI=1S/C16H28N4O2S/c1-2-3-9-18-14-8-17-16(18)15-6-12-20(13-7-15)23(21,22)19-10-4-5-11-19/h8,14-15H,2-7,9-13H2,1H3. The maximum Gasteiger partial charge on any atom is 0.281 e. The highest BCUT2D eigenvalue weighted by atomic mass is 32.2. The summed E-state index contributed by atoms with van der Waals surface area (Å²) < 4.78 is 30.8. The van der Waals surface area contributed by atoms with Crippen molar-refractivity contribution < 1.29 is 8.42 Å². The number of imidazole rings is 1. The Morgan fingerprint density at radius 1 is 1.13 bits per heavy atom. The fourth-order valence-corrected chi connectivity index (χ4v) is 5.34. The number of rotatable bonds is 6. The van der Waals surface area contributed by atoms with Crippen molar-refractivity contribution in [3.63, 3.8) is 0 Å². The van der Waals surface area contributed by atoms with Crippen LogP contribution in [-0.2, 0) is 16.8 Å². The zero-order chi connectivity index (χ0) is 16.3. The van der Waals surface area contributed by atoms with Crippen LogP contribution >= 0.6 is 0 Å². The van der Waals surface area contributed by atoms with Crippen LogP contribution in [0.4, 0.5) is 0 Å². The second kappa shape index (κ2) is 7.32. The predicted octanol–water partition coefficient (Wildman–Crippen LogP) is 2.20. The average molecular weight is 340 g/mol. The number of aromatic nitrogens is 2. The van der Waals surface area contributed by atoms with Gasteiger partial charge in [-0.1, -0.05) is 13.3 Å². The summed E-state index contributed by atoms with van der Waals surface area (Å²) in [6, 6.07) is 0. The van der Waals surface area contributed by atoms with E-state index >= 15 is 0 Å². The summed E-state index contributed by atoms with van der Waals surface area (Å²) in [5.74, 6) is 1.52. The molecule has 0 N–H and O–H groups in total. The zero-order valence-corrected chi connectivity index (χ0v) is 14.8. The maximum atomic E-state index is 12.6. The molecule has 130 valence electrons. The van der Waals surface area contributed by atoms with Gasteiger partial charge in [-0.2, -0.15) is 17.0 Å². The normalized spacial score (nSPS) is 22.0. The molecule has 0 radical (unpaired) electrons. The third-order valence-corrected chi connectivity index (χ3v) is 7.07. The minimum atomic E-state index is -3.24. The van der Waals surface area contributed by atoms with Gasteiger partial charge < -0.3 is 4.57 Å². The number of piperidine rings is 1. The van der Waals surface area contributed by atoms with Crippen LogP contribution in [0.25, 0.3) is 0 Å². The minimum Gasteiger partial charge on any atom is -0.335 e. The van der Waals surface area contributed by atoms with Crippen molar-refractivity contribution in [2.75, 3.05) is 26.2 Å². The number of hydrogen-bond acceptors (Lipinski definition) is 3. The first-order valence-electron chi connectivity index (χ1n) is 8.89. The van der Waals surface area contributed by atoms with Gasteiger partial charge in [0.05, 0.1) is 0 Å². The van der Waals surface area contributed by atoms with E-state index < -0.39 is 10.2 Å². The Morgan fingerprint density at radius 3 is 2.43 bits per heavy atom. The van der Waals surface area contributed by atoms with E-state index in [-0.39, 0.29) is 0 Å². The molecule has 0 atom stereocenters. The van der Waals surface area contributed by atoms with Crippen LogP contribution in [0.3, 0.4) is 0 Å². The van der Waals surface area contributed by atoms with Crippen LogP contribution in [-0.4, -0.2) is 52.8 Å². The van der Waals surface area contributed by atoms with Gasteiger partial charge in [0.1, 0.15) is 5.82 Å². The first-order valence-corrected chi connectivity index (χ1v) is 10.3. The zero-order valence-electron chi connectivity index (χ0n) is 14.0. The molecule has 7 heteroatoms. The molecule has 2 aliphatic heterocycles. The highest BCUT2D eigenvalue weighted by molar-refractivity contribution is 7.86. The second-order valence-electron chi connectivity index (χ2n) is 6.62. The minimum absolute atomic E-state index is 0.381. The van der Waals surface area contributed by atoms with E-state index in [2.05, 4.69) is 22.7 Å². The Balaban J connectivity index is 1.61. The van der Waals surface area contributed by atoms with Crippen LogP contribution in [0, 0.1) is 0 Å². The van der Waals surface area contributed by atoms with Gasteiger partial charge in [-0.25, -0.2) is 4.98 Å². The largest absolute Gasteiger partial charge is 0.335 e. The van der Waals surface area contributed by atoms with Gasteiger partial charge in [0.15, 0.2) is 0 Å². The number of unbranched alkanes of at least 4 members (excludes halogenated alkanes) is 1. The lowest BCUT2D eigenvalue weighted by Gasteiger charge is -2.33. The maximum absolute atomic E-state index is 12.6. The smallest absolute Gasteiger partial charge is 0.281 e. The van der Waals surface area contributed by atoms with E-state index in [1.165, 1.54) is 6.42 Å². The summed E-state index contributed by atoms with van der Waals surface area (Å²) in [5.41, 5.74) is 0. The Bertz CT molecular complexity index is 599. The number of hydrogen-bond donors (Lipinski definition) is 0. The molecule has 2 aliphatic rings. The lowest BCUT2D eigenvalue weighted by Crippen LogP contribution is -2.46. The molecule has 0 aromatic carbocycles. The Kier molecular flexibility index (Phi) is 5.38. The highest BCUT2D eigenvalue weighted by Crippen LogP contribution is 2.29. The van der Waals surface area contributed by atoms with Crippen molar-refractivity contribution in [1.29, 1.82) is 0 Å². The van der Waals surface area contributed by atoms with Gasteiger partial charge in [0.2, 0.25) is 0 Å². The lowest BCUT2D eigenvalue weighted by molar-refractivity contribution is 0.288. The van der Waals surface area contributed by atoms with E-state index in [1.54, 1.807) is 8.61 Å². The molecular weight excluding hydrogens is 312 g/mol. The van der Waals surface area contributed by atoms with Crippen molar-refractivity contribution in [3.8, 4) is 0 Å². The SMILES string of the molecule is CCCCn1ccnc1C1CCN(S(=O)(=O)N2CCCC2)CC1. The Morgan fingerprint density at radius 2 is 1.78 bits per heavy atom. The first-order chi connectivity index (χ1) is 11.1. The van der Waals surface area contributed by atoms with E-state index in [9.17, 15) is 8.42 Å². The number of aryl methyl sites for hydroxylation is 1. The molecule has 0 spiro atoms. The third-order valence-electron chi connectivity index (χ3n) is 5.04. The molecule has 23 heavy (non-hydrogen) atoms. The third kappa shape index (κ3) is 3.61. The monoisotopic (exact) mass is 340 g/mol. The van der Waals surface area contributed by atoms with Gasteiger partial charge in [-0.05, 0) is 32.1 Å². The second-order valence-corrected chi connectivity index (χ2v) is 8.55. The molecule has 0 aliphatic carbocycles. The van der Waals surface area contributed by atoms with Crippen LogP contribution < -0.4 is 0 Å². The van der Waals surface area contributed by atoms with Crippen molar-refractivity contribution in [1.82, 2.24) is 18.2 Å². The molecule has 2 fully saturated rings. The Labute approximate surface area is 139 Å². The molecule has 3 rings (SSSR count). The van der Waals surface area contributed by atoms with Crippen LogP contribution in [0.5, 0.6) is 0 Å². The summed E-state index contributed by atoms with van der Waals surface area (Å²) in [7, 11) is -3.24. The molecule has 0 saturated carbocycles.